The molecule has 9 nitrogen and oxygen atoms in total. The quantitative estimate of drug-likeness (QED) is 0.0475. The maximum Gasteiger partial charge on any atom is 0.126 e. The number of rotatable bonds is 30. The van der Waals surface area contributed by atoms with Gasteiger partial charge in [0, 0.05) is 18.2 Å². The van der Waals surface area contributed by atoms with Gasteiger partial charge in [0.15, 0.2) is 0 Å². The second-order valence-electron chi connectivity index (χ2n) is 24.0. The van der Waals surface area contributed by atoms with Gasteiger partial charge in [0.25, 0.3) is 0 Å². The highest BCUT2D eigenvalue weighted by molar-refractivity contribution is 5.42. The fraction of sp³-hybridized carbons (Fsp3) is 0.600. The Morgan fingerprint density at radius 1 is 0.246 bits per heavy atom. The van der Waals surface area contributed by atoms with E-state index in [0.717, 1.165) is 36.5 Å². The first kappa shape index (κ1) is 57.1. The van der Waals surface area contributed by atoms with Crippen LogP contribution < -0.4 is 28.4 Å². The summed E-state index contributed by atoms with van der Waals surface area (Å²) < 4.78 is 53.8. The third-order valence-corrected chi connectivity index (χ3v) is 11.7. The largest absolute Gasteiger partial charge is 0.491 e. The van der Waals surface area contributed by atoms with E-state index in [0.29, 0.717) is 96.5 Å². The van der Waals surface area contributed by atoms with Gasteiger partial charge in [0.05, 0.1) is 39.6 Å². The van der Waals surface area contributed by atoms with Crippen molar-refractivity contribution in [1.82, 2.24) is 0 Å². The lowest BCUT2D eigenvalue weighted by molar-refractivity contribution is 0.0728. The van der Waals surface area contributed by atoms with E-state index < -0.39 is 0 Å². The summed E-state index contributed by atoms with van der Waals surface area (Å²) in [7, 11) is 0. The fourth-order valence-corrected chi connectivity index (χ4v) is 9.70. The summed E-state index contributed by atoms with van der Waals surface area (Å²) in [5, 5.41) is 0. The molecular formula is C60H90O9. The van der Waals surface area contributed by atoms with Crippen LogP contribution in [0.3, 0.4) is 0 Å². The zero-order valence-electron chi connectivity index (χ0n) is 45.4. The first-order chi connectivity index (χ1) is 32.3. The Hall–Kier alpha value is -4.44. The van der Waals surface area contributed by atoms with Crippen molar-refractivity contribution >= 4 is 0 Å². The topological polar surface area (TPSA) is 83.1 Å². The Morgan fingerprint density at radius 2 is 0.435 bits per heavy atom. The van der Waals surface area contributed by atoms with Crippen molar-refractivity contribution in [2.75, 3.05) is 79.3 Å². The molecule has 0 bridgehead atoms. The summed E-state index contributed by atoms with van der Waals surface area (Å²) in [4.78, 5) is 0. The van der Waals surface area contributed by atoms with Crippen LogP contribution in [0.25, 0.3) is 0 Å². The van der Waals surface area contributed by atoms with E-state index >= 15 is 0 Å². The van der Waals surface area contributed by atoms with Gasteiger partial charge in [-0.2, -0.15) is 0 Å². The number of ether oxygens (including phenoxy) is 9. The van der Waals surface area contributed by atoms with Crippen LogP contribution in [0.15, 0.2) is 91.0 Å². The Labute approximate surface area is 418 Å². The summed E-state index contributed by atoms with van der Waals surface area (Å²) in [5.74, 6) is 4.34. The predicted octanol–water partition coefficient (Wildman–Crippen LogP) is 14.3. The van der Waals surface area contributed by atoms with E-state index in [9.17, 15) is 0 Å². The molecule has 0 aromatic heterocycles. The summed E-state index contributed by atoms with van der Waals surface area (Å²) in [6, 6.07) is 30.8. The van der Waals surface area contributed by atoms with Gasteiger partial charge in [-0.25, -0.2) is 0 Å². The summed E-state index contributed by atoms with van der Waals surface area (Å²) in [6.45, 7) is 39.3. The van der Waals surface area contributed by atoms with Crippen LogP contribution in [0, 0.1) is 16.2 Å². The molecule has 4 aromatic rings. The van der Waals surface area contributed by atoms with Crippen LogP contribution in [0.4, 0.5) is 0 Å². The molecule has 4 aromatic carbocycles. The molecule has 0 unspecified atom stereocenters. The van der Waals surface area contributed by atoms with Gasteiger partial charge in [0.1, 0.15) is 74.1 Å². The summed E-state index contributed by atoms with van der Waals surface area (Å²) in [5.41, 5.74) is 4.95. The van der Waals surface area contributed by atoms with Gasteiger partial charge < -0.3 is 42.6 Å². The predicted molar refractivity (Wildman–Crippen MR) is 282 cm³/mol. The molecule has 0 amide bonds. The molecule has 69 heavy (non-hydrogen) atoms. The molecule has 0 saturated heterocycles. The maximum atomic E-state index is 6.11. The highest BCUT2D eigenvalue weighted by Gasteiger charge is 2.29. The van der Waals surface area contributed by atoms with E-state index in [1.807, 2.05) is 54.6 Å². The van der Waals surface area contributed by atoms with E-state index in [2.05, 4.69) is 140 Å². The van der Waals surface area contributed by atoms with Crippen molar-refractivity contribution in [1.29, 1.82) is 0 Å². The van der Waals surface area contributed by atoms with Crippen LogP contribution in [0.5, 0.6) is 34.5 Å². The molecule has 0 heterocycles. The molecule has 0 radical (unpaired) electrons. The van der Waals surface area contributed by atoms with Crippen molar-refractivity contribution in [3.05, 3.63) is 108 Å². The Balaban J connectivity index is 1.20. The van der Waals surface area contributed by atoms with Gasteiger partial charge in [0.2, 0.25) is 0 Å². The summed E-state index contributed by atoms with van der Waals surface area (Å²) >= 11 is 0. The molecule has 0 aliphatic rings. The summed E-state index contributed by atoms with van der Waals surface area (Å²) in [6.07, 6.45) is 3.29. The minimum atomic E-state index is 0.0871. The minimum absolute atomic E-state index is 0.0871. The van der Waals surface area contributed by atoms with Gasteiger partial charge in [-0.05, 0) is 105 Å². The monoisotopic (exact) mass is 955 g/mol. The second kappa shape index (κ2) is 26.1. The molecule has 9 heteroatoms. The van der Waals surface area contributed by atoms with Crippen LogP contribution in [0.2, 0.25) is 0 Å². The lowest BCUT2D eigenvalue weighted by Gasteiger charge is -2.33. The first-order valence-electron chi connectivity index (χ1n) is 25.3. The lowest BCUT2D eigenvalue weighted by Crippen LogP contribution is -2.24. The molecule has 384 valence electrons. The van der Waals surface area contributed by atoms with Crippen molar-refractivity contribution in [3.63, 3.8) is 0 Å². The van der Waals surface area contributed by atoms with E-state index in [1.165, 1.54) is 16.7 Å². The molecule has 0 aliphatic heterocycles. The standard InChI is InChI=1S/C60H90O9/c1-55(2,3)43-58(10,11)46-16-22-49(23-17-46)64-34-28-61-31-37-67-52-40-53(68-38-32-62-29-35-65-50-24-18-47(19-25-50)59(12,13)44-56(4,5)6)42-54(41-52)69-39-33-63-30-36-66-51-26-20-48(21-27-51)60(14,15)45-57(7,8)9/h16-27,40-42H,28-39,43-45H2,1-15H3. The van der Waals surface area contributed by atoms with Crippen molar-refractivity contribution in [3.8, 4) is 34.5 Å². The third-order valence-electron chi connectivity index (χ3n) is 11.7. The van der Waals surface area contributed by atoms with E-state index in [1.54, 1.807) is 0 Å². The maximum absolute atomic E-state index is 6.11. The zero-order valence-corrected chi connectivity index (χ0v) is 45.4. The molecule has 0 saturated carbocycles. The van der Waals surface area contributed by atoms with Gasteiger partial charge in [-0.1, -0.05) is 140 Å². The molecular weight excluding hydrogens is 865 g/mol. The van der Waals surface area contributed by atoms with Crippen LogP contribution in [0.1, 0.15) is 140 Å². The van der Waals surface area contributed by atoms with Gasteiger partial charge in [-0.15, -0.1) is 0 Å². The van der Waals surface area contributed by atoms with E-state index in [4.69, 9.17) is 42.6 Å². The number of benzene rings is 4. The average Bonchev–Trinajstić information content (AvgIpc) is 3.23. The van der Waals surface area contributed by atoms with Gasteiger partial charge in [-0.3, -0.25) is 0 Å². The number of hydrogen-bond donors (Lipinski definition) is 0. The Bertz CT molecular complexity index is 1800. The van der Waals surface area contributed by atoms with Crippen molar-refractivity contribution < 1.29 is 42.6 Å². The van der Waals surface area contributed by atoms with Crippen LogP contribution in [-0.2, 0) is 30.5 Å². The zero-order chi connectivity index (χ0) is 50.8. The smallest absolute Gasteiger partial charge is 0.126 e. The molecule has 0 fully saturated rings. The lowest BCUT2D eigenvalue weighted by atomic mass is 9.72. The second-order valence-corrected chi connectivity index (χ2v) is 24.0. The van der Waals surface area contributed by atoms with Crippen molar-refractivity contribution in [2.24, 2.45) is 16.2 Å². The third kappa shape index (κ3) is 22.5. The molecule has 0 aliphatic carbocycles. The van der Waals surface area contributed by atoms with Crippen molar-refractivity contribution in [2.45, 2.75) is 139 Å². The molecule has 0 N–H and O–H groups in total. The highest BCUT2D eigenvalue weighted by atomic mass is 16.6. The number of hydrogen-bond acceptors (Lipinski definition) is 9. The van der Waals surface area contributed by atoms with Crippen LogP contribution >= 0.6 is 0 Å². The average molecular weight is 955 g/mol. The molecule has 0 atom stereocenters. The normalized spacial score (nSPS) is 12.7. The fourth-order valence-electron chi connectivity index (χ4n) is 9.70. The Morgan fingerprint density at radius 3 is 0.623 bits per heavy atom. The van der Waals surface area contributed by atoms with Gasteiger partial charge >= 0.3 is 0 Å². The SMILES string of the molecule is CC(C)(C)CC(C)(C)c1ccc(OCCOCCOc2cc(OCCOCCOc3ccc(C(C)(C)CC(C)(C)C)cc3)cc(OCCOCCOc3ccc(C(C)(C)CC(C)(C)C)cc3)c2)cc1. The Kier molecular flexibility index (Phi) is 21.6. The van der Waals surface area contributed by atoms with Crippen LogP contribution in [-0.4, -0.2) is 79.3 Å². The molecule has 4 rings (SSSR count). The highest BCUT2D eigenvalue weighted by Crippen LogP contribution is 2.39. The minimum Gasteiger partial charge on any atom is -0.491 e. The molecule has 0 spiro atoms. The first-order valence-corrected chi connectivity index (χ1v) is 25.3. The van der Waals surface area contributed by atoms with E-state index in [-0.39, 0.29) is 32.5 Å².